The van der Waals surface area contributed by atoms with Crippen LogP contribution in [-0.4, -0.2) is 23.4 Å². The molecule has 0 saturated carbocycles. The first-order chi connectivity index (χ1) is 7.02. The molecule has 0 aromatic heterocycles. The van der Waals surface area contributed by atoms with Gasteiger partial charge in [0.25, 0.3) is 0 Å². The Kier molecular flexibility index (Phi) is 1.46. The second kappa shape index (κ2) is 2.26. The fourth-order valence-corrected chi connectivity index (χ4v) is 11.7. The molecule has 0 amide bonds. The van der Waals surface area contributed by atoms with E-state index in [1.54, 1.807) is 0 Å². The van der Waals surface area contributed by atoms with Gasteiger partial charge in [-0.2, -0.15) is 0 Å². The highest BCUT2D eigenvalue weighted by molar-refractivity contribution is 9.43. The van der Waals surface area contributed by atoms with Crippen molar-refractivity contribution in [2.45, 2.75) is 0 Å². The van der Waals surface area contributed by atoms with Gasteiger partial charge in [-0.3, -0.25) is 9.59 Å². The van der Waals surface area contributed by atoms with Gasteiger partial charge in [0.2, 0.25) is 0 Å². The second-order valence-electron chi connectivity index (χ2n) is 3.92. The van der Waals surface area contributed by atoms with Crippen molar-refractivity contribution in [3.8, 4) is 0 Å². The molecule has 0 radical (unpaired) electrons. The predicted octanol–water partition coefficient (Wildman–Crippen LogP) is 2.14. The lowest BCUT2D eigenvalue weighted by molar-refractivity contribution is -0.130. The number of hydrogen-bond acceptors (Lipinski definition) is 6. The van der Waals surface area contributed by atoms with E-state index < -0.39 is 6.36 Å². The Balaban J connectivity index is 2.27. The molecule has 3 heterocycles. The number of carbonyl (C=O) groups excluding carboxylic acids is 2. The zero-order chi connectivity index (χ0) is 10.6. The third-order valence-corrected chi connectivity index (χ3v) is 14.5. The molecule has 4 nitrogen and oxygen atoms in total. The molecule has 82 valence electrons. The molecule has 1 spiro atoms. The van der Waals surface area contributed by atoms with Crippen molar-refractivity contribution in [2.24, 2.45) is 0 Å². The third-order valence-electron chi connectivity index (χ3n) is 2.70. The van der Waals surface area contributed by atoms with Gasteiger partial charge in [0.15, 0.2) is 0 Å². The zero-order valence-electron chi connectivity index (χ0n) is 7.58. The van der Waals surface area contributed by atoms with E-state index >= 15 is 0 Å². The summed E-state index contributed by atoms with van der Waals surface area (Å²) in [6.07, 6.45) is 0.610. The Labute approximate surface area is 92.9 Å². The highest BCUT2D eigenvalue weighted by Gasteiger charge is 2.73. The van der Waals surface area contributed by atoms with Crippen molar-refractivity contribution in [2.75, 3.05) is 11.5 Å². The molecule has 3 rings (SSSR count). The summed E-state index contributed by atoms with van der Waals surface area (Å²) in [5.74, 6) is -0.0605. The standard InChI is InChI=1S/C8H8O4S3/c9-7-5-15(13-11-7,3-1-2-4-15)6-8(10)12-14-15/h1-4H,5-6H2. The van der Waals surface area contributed by atoms with Crippen molar-refractivity contribution < 1.29 is 18.0 Å². The van der Waals surface area contributed by atoms with E-state index in [1.165, 1.54) is 0 Å². The van der Waals surface area contributed by atoms with Crippen LogP contribution in [0.3, 0.4) is 0 Å². The topological polar surface area (TPSA) is 52.6 Å². The summed E-state index contributed by atoms with van der Waals surface area (Å²) < 4.78 is 10.1. The molecule has 0 aliphatic carbocycles. The zero-order valence-corrected chi connectivity index (χ0v) is 10.0. The van der Waals surface area contributed by atoms with Crippen LogP contribution in [0.2, 0.25) is 0 Å². The van der Waals surface area contributed by atoms with Crippen molar-refractivity contribution in [3.63, 3.8) is 0 Å². The first-order valence-electron chi connectivity index (χ1n) is 4.24. The van der Waals surface area contributed by atoms with Gasteiger partial charge in [0.1, 0.15) is 22.1 Å². The smallest absolute Gasteiger partial charge is 0.328 e. The maximum absolute atomic E-state index is 11.4. The lowest BCUT2D eigenvalue weighted by Gasteiger charge is -2.58. The van der Waals surface area contributed by atoms with Gasteiger partial charge in [-0.05, 0) is 10.8 Å². The number of rotatable bonds is 0. The largest absolute Gasteiger partial charge is 0.380 e. The van der Waals surface area contributed by atoms with E-state index in [0.29, 0.717) is 0 Å². The molecule has 2 saturated heterocycles. The predicted molar refractivity (Wildman–Crippen MR) is 63.0 cm³/mol. The van der Waals surface area contributed by atoms with E-state index in [1.807, 2.05) is 23.0 Å². The minimum absolute atomic E-state index is 0.244. The Hall–Kier alpha value is -0.530. The van der Waals surface area contributed by atoms with Crippen molar-refractivity contribution in [1.82, 2.24) is 0 Å². The summed E-state index contributed by atoms with van der Waals surface area (Å²) in [6, 6.07) is 0. The molecular weight excluding hydrogens is 256 g/mol. The average molecular weight is 264 g/mol. The minimum atomic E-state index is -3.12. The maximum Gasteiger partial charge on any atom is 0.328 e. The fraction of sp³-hybridized carbons (Fsp3) is 0.250. The van der Waals surface area contributed by atoms with Gasteiger partial charge < -0.3 is 8.37 Å². The van der Waals surface area contributed by atoms with Crippen LogP contribution in [0.1, 0.15) is 0 Å². The molecule has 0 N–H and O–H groups in total. The van der Waals surface area contributed by atoms with E-state index in [4.69, 9.17) is 8.37 Å². The van der Waals surface area contributed by atoms with Crippen LogP contribution >= 0.6 is 28.5 Å². The van der Waals surface area contributed by atoms with Crippen LogP contribution in [0.25, 0.3) is 0 Å². The van der Waals surface area contributed by atoms with Crippen molar-refractivity contribution in [1.29, 1.82) is 0 Å². The molecule has 0 aromatic rings. The Bertz CT molecular complexity index is 421. The highest BCUT2D eigenvalue weighted by atomic mass is 33.6. The SMILES string of the molecule is O=C1CS23(C=CC=C2)(CC(=O)OS3)SO1. The van der Waals surface area contributed by atoms with Crippen LogP contribution in [0.15, 0.2) is 23.0 Å². The van der Waals surface area contributed by atoms with Gasteiger partial charge in [0, 0.05) is 0 Å². The number of allylic oxidation sites excluding steroid dienone is 2. The Morgan fingerprint density at radius 1 is 1.00 bits per heavy atom. The summed E-state index contributed by atoms with van der Waals surface area (Å²) in [5, 5.41) is 3.90. The lowest BCUT2D eigenvalue weighted by atomic mass is 10.6. The van der Waals surface area contributed by atoms with Crippen molar-refractivity contribution in [3.05, 3.63) is 23.0 Å². The van der Waals surface area contributed by atoms with Gasteiger partial charge in [-0.1, -0.05) is 18.5 Å². The van der Waals surface area contributed by atoms with Crippen LogP contribution < -0.4 is 0 Å². The molecule has 2 fully saturated rings. The van der Waals surface area contributed by atoms with E-state index in [2.05, 4.69) is 0 Å². The lowest BCUT2D eigenvalue weighted by Crippen LogP contribution is -2.26. The van der Waals surface area contributed by atoms with Gasteiger partial charge in [-0.25, -0.2) is 0 Å². The van der Waals surface area contributed by atoms with E-state index in [9.17, 15) is 9.59 Å². The number of hydrogen-bond donors (Lipinski definition) is 0. The van der Waals surface area contributed by atoms with Gasteiger partial charge in [-0.15, -0.1) is 0 Å². The minimum Gasteiger partial charge on any atom is -0.380 e. The van der Waals surface area contributed by atoms with Crippen LogP contribution in [0.5, 0.6) is 0 Å². The van der Waals surface area contributed by atoms with Crippen LogP contribution in [-0.2, 0) is 18.0 Å². The summed E-state index contributed by atoms with van der Waals surface area (Å²) in [7, 11) is 0. The second-order valence-corrected chi connectivity index (χ2v) is 17.1. The monoisotopic (exact) mass is 264 g/mol. The molecule has 3 aliphatic heterocycles. The average Bonchev–Trinajstić information content (AvgIpc) is 2.79. The fourth-order valence-electron chi connectivity index (χ4n) is 1.98. The molecule has 0 atom stereocenters. The molecule has 0 bridgehead atoms. The summed E-state index contributed by atoms with van der Waals surface area (Å²) in [4.78, 5) is 22.8. The summed E-state index contributed by atoms with van der Waals surface area (Å²) in [5.41, 5.74) is 0. The maximum atomic E-state index is 11.4. The first-order valence-corrected chi connectivity index (χ1v) is 9.67. The number of carbonyl (C=O) groups is 2. The molecule has 7 heteroatoms. The summed E-state index contributed by atoms with van der Waals surface area (Å²) >= 11 is 2.27. The molecule has 0 aromatic carbocycles. The van der Waals surface area contributed by atoms with E-state index in [0.717, 1.165) is 22.1 Å². The normalized spacial score (nSPS) is 37.1. The quantitative estimate of drug-likeness (QED) is 0.493. The summed E-state index contributed by atoms with van der Waals surface area (Å²) in [6.45, 7) is 0. The van der Waals surface area contributed by atoms with Crippen LogP contribution in [0, 0.1) is 0 Å². The van der Waals surface area contributed by atoms with E-state index in [-0.39, 0.29) is 23.4 Å². The molecule has 15 heavy (non-hydrogen) atoms. The Morgan fingerprint density at radius 2 is 1.47 bits per heavy atom. The molecular formula is C8H8O4S3. The van der Waals surface area contributed by atoms with Gasteiger partial charge in [0.05, 0.1) is 11.5 Å². The highest BCUT2D eigenvalue weighted by Crippen LogP contribution is 3.10. The Morgan fingerprint density at radius 3 is 1.80 bits per heavy atom. The van der Waals surface area contributed by atoms with Gasteiger partial charge >= 0.3 is 11.9 Å². The molecule has 0 unspecified atom stereocenters. The third kappa shape index (κ3) is 0.982. The van der Waals surface area contributed by atoms with Crippen molar-refractivity contribution >= 4 is 40.4 Å². The molecule has 3 aliphatic rings. The first kappa shape index (κ1) is 9.68. The van der Waals surface area contributed by atoms with Crippen LogP contribution in [0.4, 0.5) is 0 Å².